The Kier molecular flexibility index (Phi) is 0.932. The van der Waals surface area contributed by atoms with Gasteiger partial charge in [0.05, 0.1) is 0 Å². The number of hydrogen-bond acceptors (Lipinski definition) is 2. The molecule has 1 saturated carbocycles. The predicted octanol–water partition coefficient (Wildman–Crippen LogP) is 2.14. The predicted molar refractivity (Wildman–Crippen MR) is 48.0 cm³/mol. The molecule has 3 rings (SSSR count). The highest BCUT2D eigenvalue weighted by Crippen LogP contribution is 2.52. The van der Waals surface area contributed by atoms with Crippen molar-refractivity contribution in [3.63, 3.8) is 0 Å². The van der Waals surface area contributed by atoms with Gasteiger partial charge in [0.15, 0.2) is 5.82 Å². The first-order valence-electron chi connectivity index (χ1n) is 4.33. The van der Waals surface area contributed by atoms with Crippen LogP contribution in [0.5, 0.6) is 0 Å². The van der Waals surface area contributed by atoms with Gasteiger partial charge >= 0.3 is 0 Å². The summed E-state index contributed by atoms with van der Waals surface area (Å²) in [6.45, 7) is 2.08. The number of aliphatic imine (C=N–C) groups is 1. The van der Waals surface area contributed by atoms with Gasteiger partial charge in [-0.3, -0.25) is 0 Å². The van der Waals surface area contributed by atoms with Crippen LogP contribution in [0.15, 0.2) is 17.3 Å². The molecule has 60 valence electrons. The Balaban J connectivity index is 2.25. The number of aromatic nitrogens is 1. The van der Waals surface area contributed by atoms with Gasteiger partial charge in [-0.05, 0) is 31.4 Å². The fourth-order valence-corrected chi connectivity index (χ4v) is 1.82. The number of hydrogen-bond donors (Lipinski definition) is 0. The van der Waals surface area contributed by atoms with Crippen LogP contribution in [-0.2, 0) is 5.41 Å². The van der Waals surface area contributed by atoms with Crippen LogP contribution in [0.3, 0.4) is 0 Å². The van der Waals surface area contributed by atoms with E-state index in [1.165, 1.54) is 24.0 Å². The molecule has 1 aliphatic carbocycles. The number of pyridine rings is 1. The lowest BCUT2D eigenvalue weighted by Gasteiger charge is -2.04. The minimum atomic E-state index is 0.314. The fourth-order valence-electron chi connectivity index (χ4n) is 1.82. The molecule has 2 heterocycles. The summed E-state index contributed by atoms with van der Waals surface area (Å²) < 4.78 is 0. The summed E-state index contributed by atoms with van der Waals surface area (Å²) in [5.41, 5.74) is 2.90. The van der Waals surface area contributed by atoms with Gasteiger partial charge in [-0.15, -0.1) is 0 Å². The monoisotopic (exact) mass is 158 g/mol. The van der Waals surface area contributed by atoms with Crippen LogP contribution in [0.1, 0.15) is 24.0 Å². The van der Waals surface area contributed by atoms with Crippen LogP contribution in [-0.4, -0.2) is 11.2 Å². The highest BCUT2D eigenvalue weighted by molar-refractivity contribution is 5.87. The van der Waals surface area contributed by atoms with Crippen LogP contribution in [0.2, 0.25) is 0 Å². The lowest BCUT2D eigenvalue weighted by atomic mass is 9.99. The molecule has 0 amide bonds. The van der Waals surface area contributed by atoms with Crippen molar-refractivity contribution in [3.05, 3.63) is 23.4 Å². The summed E-state index contributed by atoms with van der Waals surface area (Å²) in [5.74, 6) is 0.943. The van der Waals surface area contributed by atoms with Crippen molar-refractivity contribution in [2.24, 2.45) is 4.99 Å². The molecule has 12 heavy (non-hydrogen) atoms. The summed E-state index contributed by atoms with van der Waals surface area (Å²) in [6, 6.07) is 2.22. The maximum atomic E-state index is 4.32. The summed E-state index contributed by atoms with van der Waals surface area (Å²) in [4.78, 5) is 8.62. The van der Waals surface area contributed by atoms with Gasteiger partial charge in [-0.1, -0.05) is 0 Å². The van der Waals surface area contributed by atoms with E-state index < -0.39 is 0 Å². The molecule has 1 fully saturated rings. The molecule has 1 aromatic heterocycles. The molecule has 2 heteroatoms. The van der Waals surface area contributed by atoms with Gasteiger partial charge < -0.3 is 0 Å². The van der Waals surface area contributed by atoms with Gasteiger partial charge in [0.2, 0.25) is 0 Å². The zero-order chi connectivity index (χ0) is 8.18. The number of nitrogens with zero attached hydrogens (tertiary/aromatic N) is 2. The minimum Gasteiger partial charge on any atom is -0.240 e. The molecule has 1 aliphatic heterocycles. The molecule has 0 aromatic carbocycles. The summed E-state index contributed by atoms with van der Waals surface area (Å²) >= 11 is 0. The molecular weight excluding hydrogens is 148 g/mol. The fraction of sp³-hybridized carbons (Fsp3) is 0.400. The van der Waals surface area contributed by atoms with Crippen molar-refractivity contribution in [3.8, 4) is 0 Å². The molecule has 0 radical (unpaired) electrons. The van der Waals surface area contributed by atoms with Crippen molar-refractivity contribution in [2.75, 3.05) is 0 Å². The van der Waals surface area contributed by atoms with E-state index in [4.69, 9.17) is 0 Å². The first-order valence-corrected chi connectivity index (χ1v) is 4.33. The molecule has 0 saturated heterocycles. The maximum Gasteiger partial charge on any atom is 0.155 e. The van der Waals surface area contributed by atoms with E-state index in [1.54, 1.807) is 0 Å². The van der Waals surface area contributed by atoms with E-state index >= 15 is 0 Å². The van der Waals surface area contributed by atoms with E-state index in [0.717, 1.165) is 5.82 Å². The molecule has 0 bridgehead atoms. The van der Waals surface area contributed by atoms with Gasteiger partial charge in [0.25, 0.3) is 0 Å². The largest absolute Gasteiger partial charge is 0.240 e. The first kappa shape index (κ1) is 6.35. The Morgan fingerprint density at radius 3 is 3.00 bits per heavy atom. The highest BCUT2D eigenvalue weighted by atomic mass is 14.9. The van der Waals surface area contributed by atoms with Crippen molar-refractivity contribution in [1.82, 2.24) is 4.98 Å². The van der Waals surface area contributed by atoms with Crippen molar-refractivity contribution >= 4 is 12.0 Å². The zero-order valence-corrected chi connectivity index (χ0v) is 7.04. The summed E-state index contributed by atoms with van der Waals surface area (Å²) in [5, 5.41) is 0. The van der Waals surface area contributed by atoms with Crippen molar-refractivity contribution < 1.29 is 0 Å². The van der Waals surface area contributed by atoms with E-state index in [9.17, 15) is 0 Å². The summed E-state index contributed by atoms with van der Waals surface area (Å²) in [6.07, 6.45) is 6.48. The lowest BCUT2D eigenvalue weighted by molar-refractivity contribution is 0.989. The van der Waals surface area contributed by atoms with Crippen LogP contribution < -0.4 is 0 Å². The van der Waals surface area contributed by atoms with E-state index in [2.05, 4.69) is 29.2 Å². The molecule has 2 aliphatic rings. The van der Waals surface area contributed by atoms with E-state index in [1.807, 2.05) is 6.20 Å². The Morgan fingerprint density at radius 2 is 2.25 bits per heavy atom. The molecular formula is C10H10N2. The molecule has 1 spiro atoms. The zero-order valence-electron chi connectivity index (χ0n) is 7.04. The SMILES string of the molecule is Cc1cnc2c(c1)C1(C=N2)CC1. The third kappa shape index (κ3) is 0.649. The van der Waals surface area contributed by atoms with Crippen LogP contribution in [0.4, 0.5) is 5.82 Å². The topological polar surface area (TPSA) is 25.2 Å². The molecule has 1 aromatic rings. The van der Waals surface area contributed by atoms with Gasteiger partial charge in [0, 0.05) is 23.4 Å². The van der Waals surface area contributed by atoms with Crippen LogP contribution in [0, 0.1) is 6.92 Å². The standard InChI is InChI=1S/C10H10N2/c1-7-4-8-9(11-5-7)12-6-10(8)2-3-10/h4-6H,2-3H2,1H3. The lowest BCUT2D eigenvalue weighted by Crippen LogP contribution is -2.03. The quantitative estimate of drug-likeness (QED) is 0.567. The molecule has 0 N–H and O–H groups in total. The Morgan fingerprint density at radius 1 is 1.42 bits per heavy atom. The van der Waals surface area contributed by atoms with Gasteiger partial charge in [-0.2, -0.15) is 0 Å². The van der Waals surface area contributed by atoms with Crippen molar-refractivity contribution in [2.45, 2.75) is 25.2 Å². The average molecular weight is 158 g/mol. The molecule has 0 atom stereocenters. The van der Waals surface area contributed by atoms with Gasteiger partial charge in [0.1, 0.15) is 0 Å². The second-order valence-corrected chi connectivity index (χ2v) is 3.80. The number of aryl methyl sites for hydroxylation is 1. The van der Waals surface area contributed by atoms with E-state index in [-0.39, 0.29) is 0 Å². The third-order valence-corrected chi connectivity index (χ3v) is 2.76. The molecule has 0 unspecified atom stereocenters. The second kappa shape index (κ2) is 1.76. The van der Waals surface area contributed by atoms with Crippen LogP contribution in [0.25, 0.3) is 0 Å². The van der Waals surface area contributed by atoms with Crippen molar-refractivity contribution in [1.29, 1.82) is 0 Å². The molecule has 2 nitrogen and oxygen atoms in total. The Labute approximate surface area is 71.4 Å². The van der Waals surface area contributed by atoms with Crippen LogP contribution >= 0.6 is 0 Å². The number of rotatable bonds is 0. The Bertz CT molecular complexity index is 375. The Hall–Kier alpha value is -1.18. The summed E-state index contributed by atoms with van der Waals surface area (Å²) in [7, 11) is 0. The first-order chi connectivity index (χ1) is 5.80. The van der Waals surface area contributed by atoms with E-state index in [0.29, 0.717) is 5.41 Å². The third-order valence-electron chi connectivity index (χ3n) is 2.76. The second-order valence-electron chi connectivity index (χ2n) is 3.80. The highest BCUT2D eigenvalue weighted by Gasteiger charge is 2.47. The normalized spacial score (nSPS) is 21.4. The average Bonchev–Trinajstić information content (AvgIpc) is 2.74. The number of fused-ring (bicyclic) bond motifs is 2. The minimum absolute atomic E-state index is 0.314. The smallest absolute Gasteiger partial charge is 0.155 e. The maximum absolute atomic E-state index is 4.32. The van der Waals surface area contributed by atoms with Gasteiger partial charge in [-0.25, -0.2) is 9.98 Å².